The van der Waals surface area contributed by atoms with Crippen LogP contribution in [-0.4, -0.2) is 32.2 Å². The number of imidazole rings is 1. The molecule has 130 valence electrons. The first-order valence-corrected chi connectivity index (χ1v) is 9.09. The van der Waals surface area contributed by atoms with Crippen LogP contribution in [0.1, 0.15) is 18.4 Å². The quantitative estimate of drug-likeness (QED) is 0.561. The van der Waals surface area contributed by atoms with E-state index < -0.39 is 0 Å². The fourth-order valence-corrected chi connectivity index (χ4v) is 3.59. The largest absolute Gasteiger partial charge is 0.376 e. The summed E-state index contributed by atoms with van der Waals surface area (Å²) in [7, 11) is 0. The Kier molecular flexibility index (Phi) is 3.68. The van der Waals surface area contributed by atoms with Crippen molar-refractivity contribution in [2.24, 2.45) is 0 Å². The number of fused-ring (bicyclic) bond motifs is 2. The molecule has 0 spiro atoms. The highest BCUT2D eigenvalue weighted by Gasteiger charge is 2.22. The van der Waals surface area contributed by atoms with Crippen molar-refractivity contribution in [3.63, 3.8) is 0 Å². The van der Waals surface area contributed by atoms with Crippen molar-refractivity contribution >= 4 is 22.3 Å². The lowest BCUT2D eigenvalue weighted by Gasteiger charge is -2.14. The SMILES string of the molecule is Cc1ccc(-c2nc3nc4ccccc4nc3n2C[C@H]2CCCO2)cc1. The van der Waals surface area contributed by atoms with Gasteiger partial charge in [-0.2, -0.15) is 0 Å². The molecular formula is C21H20N4O. The van der Waals surface area contributed by atoms with E-state index in [2.05, 4.69) is 35.8 Å². The van der Waals surface area contributed by atoms with Gasteiger partial charge < -0.3 is 9.30 Å². The number of rotatable bonds is 3. The van der Waals surface area contributed by atoms with E-state index in [-0.39, 0.29) is 6.10 Å². The van der Waals surface area contributed by atoms with E-state index >= 15 is 0 Å². The van der Waals surface area contributed by atoms with Gasteiger partial charge in [-0.15, -0.1) is 0 Å². The number of hydrogen-bond acceptors (Lipinski definition) is 4. The molecule has 5 rings (SSSR count). The van der Waals surface area contributed by atoms with Gasteiger partial charge in [-0.1, -0.05) is 42.0 Å². The molecule has 0 N–H and O–H groups in total. The van der Waals surface area contributed by atoms with Crippen molar-refractivity contribution < 1.29 is 4.74 Å². The Hall–Kier alpha value is -2.79. The Morgan fingerprint density at radius 2 is 1.77 bits per heavy atom. The first-order chi connectivity index (χ1) is 12.8. The van der Waals surface area contributed by atoms with Crippen molar-refractivity contribution in [1.82, 2.24) is 19.5 Å². The zero-order valence-corrected chi connectivity index (χ0v) is 14.7. The number of hydrogen-bond donors (Lipinski definition) is 0. The Morgan fingerprint density at radius 1 is 1.00 bits per heavy atom. The van der Waals surface area contributed by atoms with Crippen molar-refractivity contribution in [2.75, 3.05) is 6.61 Å². The smallest absolute Gasteiger partial charge is 0.198 e. The lowest BCUT2D eigenvalue weighted by atomic mass is 10.1. The molecule has 1 atom stereocenters. The van der Waals surface area contributed by atoms with Crippen LogP contribution in [0.15, 0.2) is 48.5 Å². The molecule has 3 heterocycles. The van der Waals surface area contributed by atoms with E-state index in [4.69, 9.17) is 19.7 Å². The van der Waals surface area contributed by atoms with Crippen LogP contribution in [0, 0.1) is 6.92 Å². The molecule has 0 radical (unpaired) electrons. The van der Waals surface area contributed by atoms with Gasteiger partial charge in [-0.05, 0) is 31.9 Å². The Balaban J connectivity index is 1.72. The summed E-state index contributed by atoms with van der Waals surface area (Å²) in [5.74, 6) is 0.908. The molecule has 0 aliphatic carbocycles. The molecule has 0 amide bonds. The van der Waals surface area contributed by atoms with E-state index in [0.29, 0.717) is 5.65 Å². The van der Waals surface area contributed by atoms with Gasteiger partial charge in [-0.25, -0.2) is 15.0 Å². The summed E-state index contributed by atoms with van der Waals surface area (Å²) < 4.78 is 8.05. The van der Waals surface area contributed by atoms with E-state index in [9.17, 15) is 0 Å². The Labute approximate surface area is 151 Å². The van der Waals surface area contributed by atoms with Gasteiger partial charge in [0.05, 0.1) is 23.7 Å². The van der Waals surface area contributed by atoms with Gasteiger partial charge in [0.15, 0.2) is 11.3 Å². The summed E-state index contributed by atoms with van der Waals surface area (Å²) in [6, 6.07) is 16.4. The first-order valence-electron chi connectivity index (χ1n) is 9.09. The van der Waals surface area contributed by atoms with Crippen LogP contribution in [-0.2, 0) is 11.3 Å². The minimum atomic E-state index is 0.213. The maximum absolute atomic E-state index is 5.88. The highest BCUT2D eigenvalue weighted by molar-refractivity contribution is 5.84. The summed E-state index contributed by atoms with van der Waals surface area (Å²) in [5.41, 5.74) is 5.60. The van der Waals surface area contributed by atoms with Crippen LogP contribution in [0.25, 0.3) is 33.7 Å². The van der Waals surface area contributed by atoms with Gasteiger partial charge in [0.25, 0.3) is 0 Å². The summed E-state index contributed by atoms with van der Waals surface area (Å²) in [6.45, 7) is 3.69. The lowest BCUT2D eigenvalue weighted by molar-refractivity contribution is 0.0981. The first kappa shape index (κ1) is 15.5. The molecule has 1 aliphatic heterocycles. The molecule has 2 aromatic heterocycles. The van der Waals surface area contributed by atoms with Crippen molar-refractivity contribution in [1.29, 1.82) is 0 Å². The average molecular weight is 344 g/mol. The zero-order chi connectivity index (χ0) is 17.5. The van der Waals surface area contributed by atoms with Crippen molar-refractivity contribution in [3.05, 3.63) is 54.1 Å². The predicted molar refractivity (Wildman–Crippen MR) is 102 cm³/mol. The number of nitrogens with zero attached hydrogens (tertiary/aromatic N) is 4. The molecule has 0 bridgehead atoms. The second-order valence-electron chi connectivity index (χ2n) is 6.91. The molecular weight excluding hydrogens is 324 g/mol. The van der Waals surface area contributed by atoms with Crippen LogP contribution in [0.3, 0.4) is 0 Å². The highest BCUT2D eigenvalue weighted by atomic mass is 16.5. The van der Waals surface area contributed by atoms with Gasteiger partial charge in [0, 0.05) is 12.2 Å². The third-order valence-corrected chi connectivity index (χ3v) is 4.98. The molecule has 1 aliphatic rings. The van der Waals surface area contributed by atoms with E-state index in [1.807, 2.05) is 24.3 Å². The standard InChI is InChI=1S/C21H20N4O/c1-14-8-10-15(11-9-14)20-24-19-21(25(20)13-16-5-4-12-26-16)23-18-7-3-2-6-17(18)22-19/h2-3,6-11,16H,4-5,12-13H2,1H3/t16-/m1/s1. The second-order valence-corrected chi connectivity index (χ2v) is 6.91. The third-order valence-electron chi connectivity index (χ3n) is 4.98. The van der Waals surface area contributed by atoms with Crippen LogP contribution >= 0.6 is 0 Å². The van der Waals surface area contributed by atoms with Gasteiger partial charge in [0.1, 0.15) is 5.82 Å². The monoisotopic (exact) mass is 344 g/mol. The maximum atomic E-state index is 5.88. The number of aryl methyl sites for hydroxylation is 1. The van der Waals surface area contributed by atoms with Gasteiger partial charge in [0.2, 0.25) is 0 Å². The third kappa shape index (κ3) is 2.65. The maximum Gasteiger partial charge on any atom is 0.198 e. The Bertz CT molecular complexity index is 1080. The molecule has 0 saturated carbocycles. The molecule has 1 fully saturated rings. The summed E-state index contributed by atoms with van der Waals surface area (Å²) in [4.78, 5) is 14.4. The average Bonchev–Trinajstić information content (AvgIpc) is 3.29. The van der Waals surface area contributed by atoms with Crippen LogP contribution in [0.2, 0.25) is 0 Å². The van der Waals surface area contributed by atoms with Crippen LogP contribution in [0.4, 0.5) is 0 Å². The van der Waals surface area contributed by atoms with Gasteiger partial charge >= 0.3 is 0 Å². The molecule has 5 nitrogen and oxygen atoms in total. The molecule has 26 heavy (non-hydrogen) atoms. The second kappa shape index (κ2) is 6.18. The van der Waals surface area contributed by atoms with E-state index in [0.717, 1.165) is 54.1 Å². The van der Waals surface area contributed by atoms with Gasteiger partial charge in [-0.3, -0.25) is 0 Å². The molecule has 2 aromatic carbocycles. The van der Waals surface area contributed by atoms with Crippen LogP contribution < -0.4 is 0 Å². The number of benzene rings is 2. The number of ether oxygens (including phenoxy) is 1. The number of aromatic nitrogens is 4. The molecule has 4 aromatic rings. The lowest BCUT2D eigenvalue weighted by Crippen LogP contribution is -2.16. The normalized spacial score (nSPS) is 17.3. The predicted octanol–water partition coefficient (Wildman–Crippen LogP) is 4.13. The van der Waals surface area contributed by atoms with Crippen LogP contribution in [0.5, 0.6) is 0 Å². The topological polar surface area (TPSA) is 52.8 Å². The van der Waals surface area contributed by atoms with Crippen molar-refractivity contribution in [2.45, 2.75) is 32.4 Å². The Morgan fingerprint density at radius 3 is 2.50 bits per heavy atom. The fourth-order valence-electron chi connectivity index (χ4n) is 3.59. The summed E-state index contributed by atoms with van der Waals surface area (Å²) in [5, 5.41) is 0. The number of para-hydroxylation sites is 2. The minimum Gasteiger partial charge on any atom is -0.376 e. The van der Waals surface area contributed by atoms with Crippen molar-refractivity contribution in [3.8, 4) is 11.4 Å². The van der Waals surface area contributed by atoms with E-state index in [1.54, 1.807) is 0 Å². The molecule has 1 saturated heterocycles. The molecule has 5 heteroatoms. The highest BCUT2D eigenvalue weighted by Crippen LogP contribution is 2.27. The minimum absolute atomic E-state index is 0.213. The molecule has 0 unspecified atom stereocenters. The fraction of sp³-hybridized carbons (Fsp3) is 0.286. The summed E-state index contributed by atoms with van der Waals surface area (Å²) >= 11 is 0. The zero-order valence-electron chi connectivity index (χ0n) is 14.7. The summed E-state index contributed by atoms with van der Waals surface area (Å²) in [6.07, 6.45) is 2.41. The van der Waals surface area contributed by atoms with E-state index in [1.165, 1.54) is 5.56 Å².